The topological polar surface area (TPSA) is 110 Å². The number of benzene rings is 2. The Labute approximate surface area is 150 Å². The van der Waals surface area contributed by atoms with Crippen LogP contribution in [0.15, 0.2) is 24.3 Å². The molecule has 136 valence electrons. The lowest BCUT2D eigenvalue weighted by molar-refractivity contribution is 0.0972. The van der Waals surface area contributed by atoms with Gasteiger partial charge in [-0.25, -0.2) is 0 Å². The van der Waals surface area contributed by atoms with E-state index in [4.69, 9.17) is 0 Å². The second kappa shape index (κ2) is 6.34. The van der Waals surface area contributed by atoms with E-state index in [1.54, 1.807) is 0 Å². The Morgan fingerprint density at radius 3 is 1.77 bits per heavy atom. The normalized spacial score (nSPS) is 14.2. The zero-order valence-electron chi connectivity index (χ0n) is 14.7. The molecule has 0 fully saturated rings. The molecule has 2 aromatic carbocycles. The lowest BCUT2D eigenvalue weighted by Gasteiger charge is -2.25. The quantitative estimate of drug-likeness (QED) is 0.529. The largest absolute Gasteiger partial charge is 0.507 e. The minimum atomic E-state index is -0.704. The van der Waals surface area contributed by atoms with Crippen LogP contribution in [0.25, 0.3) is 0 Å². The van der Waals surface area contributed by atoms with Crippen molar-refractivity contribution in [2.45, 2.75) is 13.0 Å². The summed E-state index contributed by atoms with van der Waals surface area (Å²) in [6.45, 7) is 2.50. The molecule has 2 aromatic rings. The number of nitrogens with zero attached hydrogens (tertiary/aromatic N) is 1. The highest BCUT2D eigenvalue weighted by Crippen LogP contribution is 2.42. The number of anilines is 1. The highest BCUT2D eigenvalue weighted by molar-refractivity contribution is 6.32. The Kier molecular flexibility index (Phi) is 4.33. The highest BCUT2D eigenvalue weighted by atomic mass is 16.3. The fourth-order valence-corrected chi connectivity index (χ4v) is 2.94. The van der Waals surface area contributed by atoms with Gasteiger partial charge in [-0.05, 0) is 45.3 Å². The van der Waals surface area contributed by atoms with E-state index in [-0.39, 0.29) is 34.0 Å². The number of hydrogen-bond donors (Lipinski definition) is 4. The van der Waals surface area contributed by atoms with Crippen LogP contribution in [-0.4, -0.2) is 58.5 Å². The molecule has 0 aliphatic heterocycles. The third-order valence-electron chi connectivity index (χ3n) is 4.72. The SMILES string of the molecule is CC(CNc1ccc(O)c2c1C(=O)c1c(O)ccc(O)c1C2=O)N(C)C. The zero-order chi connectivity index (χ0) is 19.2. The van der Waals surface area contributed by atoms with Gasteiger partial charge in [0.1, 0.15) is 17.2 Å². The number of rotatable bonds is 4. The first-order valence-electron chi connectivity index (χ1n) is 8.14. The number of nitrogens with one attached hydrogen (secondary N) is 1. The van der Waals surface area contributed by atoms with Crippen LogP contribution >= 0.6 is 0 Å². The molecule has 0 bridgehead atoms. The molecule has 4 N–H and O–H groups in total. The van der Waals surface area contributed by atoms with Crippen molar-refractivity contribution < 1.29 is 24.9 Å². The number of hydrogen-bond acceptors (Lipinski definition) is 7. The summed E-state index contributed by atoms with van der Waals surface area (Å²) in [4.78, 5) is 27.8. The first kappa shape index (κ1) is 17.8. The minimum Gasteiger partial charge on any atom is -0.507 e. The van der Waals surface area contributed by atoms with Crippen LogP contribution in [0, 0.1) is 0 Å². The maximum Gasteiger partial charge on any atom is 0.202 e. The van der Waals surface area contributed by atoms with Crippen molar-refractivity contribution in [3.8, 4) is 17.2 Å². The van der Waals surface area contributed by atoms with Crippen molar-refractivity contribution in [1.29, 1.82) is 0 Å². The molecule has 1 aliphatic carbocycles. The molecule has 0 saturated heterocycles. The lowest BCUT2D eigenvalue weighted by Crippen LogP contribution is -2.32. The van der Waals surface area contributed by atoms with Crippen molar-refractivity contribution >= 4 is 17.3 Å². The number of phenols is 3. The van der Waals surface area contributed by atoms with Crippen molar-refractivity contribution in [3.63, 3.8) is 0 Å². The average molecular weight is 356 g/mol. The molecule has 7 nitrogen and oxygen atoms in total. The van der Waals surface area contributed by atoms with Crippen molar-refractivity contribution in [2.75, 3.05) is 26.0 Å². The van der Waals surface area contributed by atoms with Crippen molar-refractivity contribution in [1.82, 2.24) is 4.90 Å². The highest BCUT2D eigenvalue weighted by Gasteiger charge is 2.38. The van der Waals surface area contributed by atoms with E-state index < -0.39 is 23.1 Å². The fourth-order valence-electron chi connectivity index (χ4n) is 2.94. The average Bonchev–Trinajstić information content (AvgIpc) is 2.59. The van der Waals surface area contributed by atoms with E-state index in [9.17, 15) is 24.9 Å². The molecule has 0 heterocycles. The van der Waals surface area contributed by atoms with E-state index in [1.165, 1.54) is 12.1 Å². The van der Waals surface area contributed by atoms with E-state index >= 15 is 0 Å². The van der Waals surface area contributed by atoms with E-state index in [0.717, 1.165) is 12.1 Å². The zero-order valence-corrected chi connectivity index (χ0v) is 14.7. The molecule has 0 spiro atoms. The molecule has 3 rings (SSSR count). The van der Waals surface area contributed by atoms with Gasteiger partial charge in [-0.3, -0.25) is 9.59 Å². The van der Waals surface area contributed by atoms with Gasteiger partial charge in [-0.15, -0.1) is 0 Å². The predicted octanol–water partition coefficient (Wildman–Crippen LogP) is 1.94. The second-order valence-electron chi connectivity index (χ2n) is 6.59. The first-order chi connectivity index (χ1) is 12.2. The van der Waals surface area contributed by atoms with Gasteiger partial charge in [0.2, 0.25) is 11.6 Å². The van der Waals surface area contributed by atoms with Gasteiger partial charge in [0.15, 0.2) is 0 Å². The van der Waals surface area contributed by atoms with Gasteiger partial charge in [-0.2, -0.15) is 0 Å². The third-order valence-corrected chi connectivity index (χ3v) is 4.72. The van der Waals surface area contributed by atoms with Crippen LogP contribution in [0.5, 0.6) is 17.2 Å². The summed E-state index contributed by atoms with van der Waals surface area (Å²) in [5.74, 6) is -2.49. The molecule has 0 saturated carbocycles. The van der Waals surface area contributed by atoms with Gasteiger partial charge in [0.25, 0.3) is 0 Å². The fraction of sp³-hybridized carbons (Fsp3) is 0.263. The van der Waals surface area contributed by atoms with Gasteiger partial charge in [0.05, 0.1) is 22.3 Å². The molecule has 1 unspecified atom stereocenters. The Balaban J connectivity index is 2.15. The number of phenolic OH excluding ortho intramolecular Hbond substituents is 3. The van der Waals surface area contributed by atoms with Crippen molar-refractivity contribution in [2.24, 2.45) is 0 Å². The number of ketones is 2. The molecule has 7 heteroatoms. The predicted molar refractivity (Wildman–Crippen MR) is 96.4 cm³/mol. The number of likely N-dealkylation sites (N-methyl/N-ethyl adjacent to an activating group) is 1. The van der Waals surface area contributed by atoms with E-state index in [2.05, 4.69) is 5.32 Å². The minimum absolute atomic E-state index is 0.00523. The summed E-state index contributed by atoms with van der Waals surface area (Å²) in [6.07, 6.45) is 0. The van der Waals surface area contributed by atoms with Gasteiger partial charge >= 0.3 is 0 Å². The summed E-state index contributed by atoms with van der Waals surface area (Å²) in [5.41, 5.74) is -0.341. The van der Waals surface area contributed by atoms with Crippen LogP contribution in [0.1, 0.15) is 38.8 Å². The molecule has 0 radical (unpaired) electrons. The Hall–Kier alpha value is -3.06. The second-order valence-corrected chi connectivity index (χ2v) is 6.59. The summed E-state index contributed by atoms with van der Waals surface area (Å²) >= 11 is 0. The molecular weight excluding hydrogens is 336 g/mol. The molecule has 26 heavy (non-hydrogen) atoms. The molecule has 1 aliphatic rings. The number of carbonyl (C=O) groups is 2. The number of fused-ring (bicyclic) bond motifs is 2. The lowest BCUT2D eigenvalue weighted by atomic mass is 9.81. The standard InChI is InChI=1S/C19H20N2O5/c1-9(21(2)3)8-20-10-4-5-11(22)15-14(10)18(25)16-12(23)6-7-13(24)17(16)19(15)26/h4-7,9,20,22-24H,8H2,1-3H3. The van der Waals surface area contributed by atoms with Crippen LogP contribution in [0.4, 0.5) is 5.69 Å². The van der Waals surface area contributed by atoms with Crippen LogP contribution in [0.2, 0.25) is 0 Å². The van der Waals surface area contributed by atoms with E-state index in [0.29, 0.717) is 12.2 Å². The molecule has 0 aromatic heterocycles. The van der Waals surface area contributed by atoms with Crippen LogP contribution < -0.4 is 5.32 Å². The summed E-state index contributed by atoms with van der Waals surface area (Å²) in [7, 11) is 3.84. The van der Waals surface area contributed by atoms with Gasteiger partial charge < -0.3 is 25.5 Å². The maximum atomic E-state index is 13.0. The smallest absolute Gasteiger partial charge is 0.202 e. The summed E-state index contributed by atoms with van der Waals surface area (Å²) in [5, 5.41) is 33.4. The maximum absolute atomic E-state index is 13.0. The Morgan fingerprint density at radius 2 is 1.27 bits per heavy atom. The number of aromatic hydroxyl groups is 3. The van der Waals surface area contributed by atoms with Gasteiger partial charge in [0, 0.05) is 18.3 Å². The number of carbonyl (C=O) groups excluding carboxylic acids is 2. The first-order valence-corrected chi connectivity index (χ1v) is 8.14. The molecule has 0 amide bonds. The monoisotopic (exact) mass is 356 g/mol. The third kappa shape index (κ3) is 2.66. The molecular formula is C19H20N2O5. The summed E-state index contributed by atoms with van der Waals surface area (Å²) in [6, 6.07) is 5.30. The summed E-state index contributed by atoms with van der Waals surface area (Å²) < 4.78 is 0. The van der Waals surface area contributed by atoms with Gasteiger partial charge in [-0.1, -0.05) is 0 Å². The Morgan fingerprint density at radius 1 is 0.846 bits per heavy atom. The van der Waals surface area contributed by atoms with E-state index in [1.807, 2.05) is 25.9 Å². The molecule has 1 atom stereocenters. The van der Waals surface area contributed by atoms with Crippen LogP contribution in [0.3, 0.4) is 0 Å². The Bertz CT molecular complexity index is 921. The van der Waals surface area contributed by atoms with Crippen molar-refractivity contribution in [3.05, 3.63) is 46.5 Å². The van der Waals surface area contributed by atoms with Crippen LogP contribution in [-0.2, 0) is 0 Å².